The predicted molar refractivity (Wildman–Crippen MR) is 74.5 cm³/mol. The molecule has 1 rings (SSSR count). The van der Waals surface area contributed by atoms with Crippen molar-refractivity contribution in [3.8, 4) is 0 Å². The quantitative estimate of drug-likeness (QED) is 0.674. The van der Waals surface area contributed by atoms with Crippen LogP contribution < -0.4 is 0 Å². The molecule has 1 saturated heterocycles. The lowest BCUT2D eigenvalue weighted by molar-refractivity contribution is 0.0860. The first-order chi connectivity index (χ1) is 8.53. The fourth-order valence-electron chi connectivity index (χ4n) is 3.10. The van der Waals surface area contributed by atoms with Gasteiger partial charge in [0.15, 0.2) is 0 Å². The van der Waals surface area contributed by atoms with Crippen molar-refractivity contribution in [2.45, 2.75) is 83.5 Å². The highest BCUT2D eigenvalue weighted by Gasteiger charge is 2.40. The maximum Gasteiger partial charge on any atom is 0.140 e. The van der Waals surface area contributed by atoms with E-state index in [0.717, 1.165) is 19.3 Å². The number of rotatable bonds is 8. The summed E-state index contributed by atoms with van der Waals surface area (Å²) in [5, 5.41) is 9.59. The Morgan fingerprint density at radius 1 is 1.11 bits per heavy atom. The van der Waals surface area contributed by atoms with E-state index in [1.165, 1.54) is 25.7 Å². The number of halogens is 1. The molecule has 0 radical (unpaired) electrons. The summed E-state index contributed by atoms with van der Waals surface area (Å²) in [6.45, 7) is 7.56. The summed E-state index contributed by atoms with van der Waals surface area (Å²) < 4.78 is 13.5. The van der Waals surface area contributed by atoms with Crippen molar-refractivity contribution in [2.24, 2.45) is 0 Å². The van der Waals surface area contributed by atoms with Crippen molar-refractivity contribution in [1.82, 2.24) is 4.90 Å². The van der Waals surface area contributed by atoms with Crippen molar-refractivity contribution < 1.29 is 9.50 Å². The minimum absolute atomic E-state index is 0.0737. The van der Waals surface area contributed by atoms with Gasteiger partial charge in [0.1, 0.15) is 6.17 Å². The molecule has 108 valence electrons. The SMILES string of the molecule is CCCCCCC(C)(CCC)N1C[C@H](O)[C@@H](F)C1. The first-order valence-electron chi connectivity index (χ1n) is 7.60. The summed E-state index contributed by atoms with van der Waals surface area (Å²) in [6, 6.07) is 0. The Bertz CT molecular complexity index is 227. The Kier molecular flexibility index (Phi) is 6.58. The van der Waals surface area contributed by atoms with E-state index >= 15 is 0 Å². The lowest BCUT2D eigenvalue weighted by Crippen LogP contribution is -2.45. The molecule has 0 aromatic carbocycles. The number of nitrogens with zero attached hydrogens (tertiary/aromatic N) is 1. The molecule has 0 aliphatic carbocycles. The zero-order valence-electron chi connectivity index (χ0n) is 12.3. The Hall–Kier alpha value is -0.150. The van der Waals surface area contributed by atoms with E-state index in [4.69, 9.17) is 0 Å². The molecule has 0 amide bonds. The minimum Gasteiger partial charge on any atom is -0.389 e. The average molecular weight is 259 g/mol. The van der Waals surface area contributed by atoms with Crippen LogP contribution >= 0.6 is 0 Å². The van der Waals surface area contributed by atoms with Crippen molar-refractivity contribution in [3.05, 3.63) is 0 Å². The van der Waals surface area contributed by atoms with Gasteiger partial charge in [0.05, 0.1) is 6.10 Å². The predicted octanol–water partition coefficient (Wildman–Crippen LogP) is 3.53. The molecule has 1 heterocycles. The van der Waals surface area contributed by atoms with Gasteiger partial charge in [0.2, 0.25) is 0 Å². The van der Waals surface area contributed by atoms with Crippen molar-refractivity contribution in [3.63, 3.8) is 0 Å². The number of unbranched alkanes of at least 4 members (excludes halogenated alkanes) is 3. The van der Waals surface area contributed by atoms with Gasteiger partial charge in [-0.15, -0.1) is 0 Å². The molecule has 0 aromatic heterocycles. The largest absolute Gasteiger partial charge is 0.389 e. The normalized spacial score (nSPS) is 28.5. The lowest BCUT2D eigenvalue weighted by Gasteiger charge is -2.39. The van der Waals surface area contributed by atoms with E-state index in [2.05, 4.69) is 25.7 Å². The second-order valence-corrected chi connectivity index (χ2v) is 6.05. The molecule has 0 saturated carbocycles. The first-order valence-corrected chi connectivity index (χ1v) is 7.60. The molecular formula is C15H30FNO. The maximum absolute atomic E-state index is 13.5. The third kappa shape index (κ3) is 4.20. The zero-order valence-corrected chi connectivity index (χ0v) is 12.3. The number of aliphatic hydroxyl groups excluding tert-OH is 1. The van der Waals surface area contributed by atoms with Crippen LogP contribution in [0.4, 0.5) is 4.39 Å². The number of hydrogen-bond donors (Lipinski definition) is 1. The van der Waals surface area contributed by atoms with Crippen LogP contribution in [0.1, 0.15) is 65.7 Å². The van der Waals surface area contributed by atoms with Gasteiger partial charge >= 0.3 is 0 Å². The number of alkyl halides is 1. The second-order valence-electron chi connectivity index (χ2n) is 6.05. The summed E-state index contributed by atoms with van der Waals surface area (Å²) in [5.74, 6) is 0. The molecule has 18 heavy (non-hydrogen) atoms. The van der Waals surface area contributed by atoms with E-state index in [9.17, 15) is 9.50 Å². The number of aliphatic hydroxyl groups is 1. The minimum atomic E-state index is -1.06. The van der Waals surface area contributed by atoms with E-state index in [1.807, 2.05) is 0 Å². The van der Waals surface area contributed by atoms with E-state index < -0.39 is 12.3 Å². The Balaban J connectivity index is 2.51. The molecule has 1 aliphatic heterocycles. The summed E-state index contributed by atoms with van der Waals surface area (Å²) >= 11 is 0. The van der Waals surface area contributed by atoms with Crippen molar-refractivity contribution in [1.29, 1.82) is 0 Å². The first kappa shape index (κ1) is 15.9. The molecule has 0 spiro atoms. The summed E-state index contributed by atoms with van der Waals surface area (Å²) in [7, 11) is 0. The van der Waals surface area contributed by atoms with Gasteiger partial charge in [0.25, 0.3) is 0 Å². The molecule has 1 fully saturated rings. The summed E-state index contributed by atoms with van der Waals surface area (Å²) in [6.07, 6.45) is 6.52. The molecule has 1 N–H and O–H groups in total. The summed E-state index contributed by atoms with van der Waals surface area (Å²) in [5.41, 5.74) is 0.0737. The highest BCUT2D eigenvalue weighted by atomic mass is 19.1. The van der Waals surface area contributed by atoms with Gasteiger partial charge in [-0.25, -0.2) is 4.39 Å². The van der Waals surface area contributed by atoms with E-state index in [0.29, 0.717) is 13.1 Å². The van der Waals surface area contributed by atoms with Crippen LogP contribution in [0, 0.1) is 0 Å². The topological polar surface area (TPSA) is 23.5 Å². The molecule has 1 aliphatic rings. The Morgan fingerprint density at radius 2 is 1.83 bits per heavy atom. The highest BCUT2D eigenvalue weighted by Crippen LogP contribution is 2.32. The van der Waals surface area contributed by atoms with Crippen LogP contribution in [0.15, 0.2) is 0 Å². The smallest absolute Gasteiger partial charge is 0.140 e. The number of likely N-dealkylation sites (tertiary alicyclic amines) is 1. The monoisotopic (exact) mass is 259 g/mol. The number of hydrogen-bond acceptors (Lipinski definition) is 2. The van der Waals surface area contributed by atoms with Crippen LogP contribution in [0.3, 0.4) is 0 Å². The Morgan fingerprint density at radius 3 is 2.33 bits per heavy atom. The zero-order chi connectivity index (χ0) is 13.6. The molecular weight excluding hydrogens is 229 g/mol. The molecule has 3 atom stereocenters. The van der Waals surface area contributed by atoms with Crippen LogP contribution in [0.2, 0.25) is 0 Å². The Labute approximate surface area is 112 Å². The van der Waals surface area contributed by atoms with Gasteiger partial charge in [-0.3, -0.25) is 4.90 Å². The van der Waals surface area contributed by atoms with Gasteiger partial charge < -0.3 is 5.11 Å². The van der Waals surface area contributed by atoms with Gasteiger partial charge in [-0.05, 0) is 19.8 Å². The second kappa shape index (κ2) is 7.44. The van der Waals surface area contributed by atoms with Crippen LogP contribution in [0.5, 0.6) is 0 Å². The van der Waals surface area contributed by atoms with Crippen molar-refractivity contribution >= 4 is 0 Å². The van der Waals surface area contributed by atoms with Gasteiger partial charge in [-0.1, -0.05) is 46.0 Å². The van der Waals surface area contributed by atoms with Crippen molar-refractivity contribution in [2.75, 3.05) is 13.1 Å². The van der Waals surface area contributed by atoms with E-state index in [-0.39, 0.29) is 5.54 Å². The number of β-amino-alcohol motifs (C(OH)–C–C–N with tert-alkyl or cyclic N) is 1. The third-order valence-electron chi connectivity index (χ3n) is 4.34. The third-order valence-corrected chi connectivity index (χ3v) is 4.34. The summed E-state index contributed by atoms with van der Waals surface area (Å²) in [4.78, 5) is 2.18. The maximum atomic E-state index is 13.5. The highest BCUT2D eigenvalue weighted by molar-refractivity contribution is 4.94. The van der Waals surface area contributed by atoms with Crippen LogP contribution in [-0.2, 0) is 0 Å². The van der Waals surface area contributed by atoms with E-state index in [1.54, 1.807) is 0 Å². The fourth-order valence-corrected chi connectivity index (χ4v) is 3.10. The van der Waals surface area contributed by atoms with Crippen LogP contribution in [0.25, 0.3) is 0 Å². The standard InChI is InChI=1S/C15H30FNO/c1-4-6-7-8-10-15(3,9-5-2)17-11-13(16)14(18)12-17/h13-14,18H,4-12H2,1-3H3/t13-,14-,15?/m0/s1. The molecule has 1 unspecified atom stereocenters. The van der Waals surface area contributed by atoms with Gasteiger partial charge in [-0.2, -0.15) is 0 Å². The van der Waals surface area contributed by atoms with Crippen LogP contribution in [-0.4, -0.2) is 40.9 Å². The lowest BCUT2D eigenvalue weighted by atomic mass is 9.88. The molecule has 0 aromatic rings. The fraction of sp³-hybridized carbons (Fsp3) is 1.00. The molecule has 2 nitrogen and oxygen atoms in total. The van der Waals surface area contributed by atoms with Gasteiger partial charge in [0, 0.05) is 18.6 Å². The molecule has 0 bridgehead atoms. The average Bonchev–Trinajstić information content (AvgIpc) is 2.66. The molecule has 3 heteroatoms.